The number of carbonyl (C=O) groups excluding carboxylic acids is 4. The van der Waals surface area contributed by atoms with Gasteiger partial charge in [0.2, 0.25) is 17.8 Å². The van der Waals surface area contributed by atoms with Crippen molar-refractivity contribution in [2.75, 3.05) is 37.2 Å². The van der Waals surface area contributed by atoms with Gasteiger partial charge in [0.05, 0.1) is 12.7 Å². The normalized spacial score (nSPS) is 15.4. The average molecular weight is 610 g/mol. The third-order valence-electron chi connectivity index (χ3n) is 8.47. The lowest BCUT2D eigenvalue weighted by molar-refractivity contribution is -0.131. The highest BCUT2D eigenvalue weighted by Gasteiger charge is 2.56. The van der Waals surface area contributed by atoms with E-state index in [1.165, 1.54) is 7.11 Å². The summed E-state index contributed by atoms with van der Waals surface area (Å²) < 4.78 is 6.76. The first-order chi connectivity index (χ1) is 21.7. The first-order valence-electron chi connectivity index (χ1n) is 15.0. The average Bonchev–Trinajstić information content (AvgIpc) is 3.53. The molecular weight excluding hydrogens is 574 g/mol. The summed E-state index contributed by atoms with van der Waals surface area (Å²) in [6.07, 6.45) is 6.86. The van der Waals surface area contributed by atoms with E-state index in [-0.39, 0.29) is 17.9 Å². The molecule has 3 amide bonds. The maximum Gasteiger partial charge on any atom is 0.337 e. The van der Waals surface area contributed by atoms with Crippen molar-refractivity contribution in [2.24, 2.45) is 5.41 Å². The minimum Gasteiger partial charge on any atom is -0.465 e. The van der Waals surface area contributed by atoms with E-state index in [9.17, 15) is 19.2 Å². The molecule has 2 fully saturated rings. The fourth-order valence-corrected chi connectivity index (χ4v) is 5.75. The number of methoxy groups -OCH3 is 1. The van der Waals surface area contributed by atoms with Crippen LogP contribution in [0, 0.1) is 5.41 Å². The molecule has 4 aromatic rings. The maximum atomic E-state index is 13.1. The van der Waals surface area contributed by atoms with Crippen LogP contribution < -0.4 is 16.0 Å². The second-order valence-corrected chi connectivity index (χ2v) is 11.8. The Morgan fingerprint density at radius 1 is 0.889 bits per heavy atom. The molecule has 2 heterocycles. The topological polar surface area (TPSA) is 148 Å². The number of benzene rings is 2. The van der Waals surface area contributed by atoms with Gasteiger partial charge in [0.1, 0.15) is 16.8 Å². The van der Waals surface area contributed by atoms with Gasteiger partial charge in [-0.1, -0.05) is 12.8 Å². The lowest BCUT2D eigenvalue weighted by Gasteiger charge is -2.19. The predicted octanol–water partition coefficient (Wildman–Crippen LogP) is 5.14. The van der Waals surface area contributed by atoms with Crippen LogP contribution in [0.1, 0.15) is 65.4 Å². The molecule has 2 aromatic heterocycles. The number of nitrogens with one attached hydrogen (secondary N) is 3. The van der Waals surface area contributed by atoms with Gasteiger partial charge in [-0.25, -0.2) is 9.78 Å². The Bertz CT molecular complexity index is 1770. The van der Waals surface area contributed by atoms with Gasteiger partial charge < -0.3 is 30.2 Å². The predicted molar refractivity (Wildman–Crippen MR) is 169 cm³/mol. The quantitative estimate of drug-likeness (QED) is 0.175. The van der Waals surface area contributed by atoms with E-state index in [1.54, 1.807) is 73.7 Å². The summed E-state index contributed by atoms with van der Waals surface area (Å²) in [6.45, 7) is 0. The van der Waals surface area contributed by atoms with Crippen molar-refractivity contribution >= 4 is 57.7 Å². The van der Waals surface area contributed by atoms with E-state index >= 15 is 0 Å². The van der Waals surface area contributed by atoms with E-state index < -0.39 is 17.3 Å². The second-order valence-electron chi connectivity index (χ2n) is 11.8. The number of aromatic nitrogens is 3. The maximum absolute atomic E-state index is 13.1. The van der Waals surface area contributed by atoms with Gasteiger partial charge in [-0.2, -0.15) is 4.98 Å². The third-order valence-corrected chi connectivity index (χ3v) is 8.47. The van der Waals surface area contributed by atoms with Gasteiger partial charge in [0.25, 0.3) is 5.91 Å². The van der Waals surface area contributed by atoms with Crippen molar-refractivity contribution in [2.45, 2.75) is 44.6 Å². The summed E-state index contributed by atoms with van der Waals surface area (Å²) in [5.74, 6) is -0.909. The van der Waals surface area contributed by atoms with Crippen LogP contribution in [0.5, 0.6) is 0 Å². The van der Waals surface area contributed by atoms with Gasteiger partial charge in [-0.15, -0.1) is 0 Å². The minimum absolute atomic E-state index is 0.0632. The molecule has 0 atom stereocenters. The number of nitrogens with zero attached hydrogens (tertiary/aromatic N) is 4. The molecular formula is C33H35N7O5. The van der Waals surface area contributed by atoms with E-state index in [2.05, 4.69) is 25.5 Å². The molecule has 6 rings (SSSR count). The fourth-order valence-electron chi connectivity index (χ4n) is 5.75. The van der Waals surface area contributed by atoms with Crippen molar-refractivity contribution in [1.29, 1.82) is 0 Å². The molecule has 0 bridgehead atoms. The molecule has 45 heavy (non-hydrogen) atoms. The summed E-state index contributed by atoms with van der Waals surface area (Å²) in [7, 11) is 4.80. The van der Waals surface area contributed by atoms with E-state index in [0.29, 0.717) is 47.1 Å². The van der Waals surface area contributed by atoms with E-state index in [4.69, 9.17) is 9.72 Å². The number of ether oxygens (including phenoxy) is 1. The zero-order valence-electron chi connectivity index (χ0n) is 25.4. The molecule has 0 unspecified atom stereocenters. The zero-order chi connectivity index (χ0) is 31.7. The first-order valence-corrected chi connectivity index (χ1v) is 15.0. The van der Waals surface area contributed by atoms with Crippen LogP contribution in [0.3, 0.4) is 0 Å². The van der Waals surface area contributed by atoms with Crippen LogP contribution in [0.15, 0.2) is 60.8 Å². The fraction of sp³-hybridized carbons (Fsp3) is 0.333. The Balaban J connectivity index is 1.12. The number of amides is 3. The monoisotopic (exact) mass is 609 g/mol. The lowest BCUT2D eigenvalue weighted by Crippen LogP contribution is -2.35. The summed E-state index contributed by atoms with van der Waals surface area (Å²) in [4.78, 5) is 61.6. The lowest BCUT2D eigenvalue weighted by atomic mass is 10.0. The van der Waals surface area contributed by atoms with Gasteiger partial charge in [0, 0.05) is 48.8 Å². The number of carbonyl (C=O) groups is 4. The smallest absolute Gasteiger partial charge is 0.337 e. The first kappa shape index (κ1) is 29.8. The number of rotatable bonds is 9. The molecule has 0 spiro atoms. The molecule has 2 aliphatic rings. The molecule has 232 valence electrons. The van der Waals surface area contributed by atoms with Crippen LogP contribution >= 0.6 is 0 Å². The van der Waals surface area contributed by atoms with Crippen LogP contribution in [0.2, 0.25) is 0 Å². The van der Waals surface area contributed by atoms with Crippen LogP contribution in [-0.2, 0) is 14.3 Å². The Morgan fingerprint density at radius 2 is 1.47 bits per heavy atom. The van der Waals surface area contributed by atoms with Crippen LogP contribution in [0.4, 0.5) is 23.0 Å². The van der Waals surface area contributed by atoms with E-state index in [1.807, 2.05) is 6.07 Å². The number of esters is 1. The molecule has 2 aliphatic carbocycles. The molecule has 12 nitrogen and oxygen atoms in total. The number of fused-ring (bicyclic) bond motifs is 1. The van der Waals surface area contributed by atoms with E-state index in [0.717, 1.165) is 36.7 Å². The number of anilines is 4. The van der Waals surface area contributed by atoms with Crippen molar-refractivity contribution < 1.29 is 23.9 Å². The van der Waals surface area contributed by atoms with Gasteiger partial charge in [-0.3, -0.25) is 14.4 Å². The molecule has 0 radical (unpaired) electrons. The van der Waals surface area contributed by atoms with Crippen LogP contribution in [-0.4, -0.2) is 64.3 Å². The summed E-state index contributed by atoms with van der Waals surface area (Å²) in [5, 5.41) is 9.67. The Morgan fingerprint density at radius 3 is 2.02 bits per heavy atom. The molecule has 3 N–H and O–H groups in total. The molecule has 2 saturated carbocycles. The van der Waals surface area contributed by atoms with Gasteiger partial charge >= 0.3 is 5.97 Å². The largest absolute Gasteiger partial charge is 0.465 e. The van der Waals surface area contributed by atoms with Crippen LogP contribution in [0.25, 0.3) is 11.0 Å². The van der Waals surface area contributed by atoms with Crippen molar-refractivity contribution in [3.8, 4) is 0 Å². The molecule has 0 saturated heterocycles. The third kappa shape index (κ3) is 5.95. The van der Waals surface area contributed by atoms with Crippen molar-refractivity contribution in [1.82, 2.24) is 19.4 Å². The summed E-state index contributed by atoms with van der Waals surface area (Å²) >= 11 is 0. The van der Waals surface area contributed by atoms with Crippen molar-refractivity contribution in [3.05, 3.63) is 72.1 Å². The highest BCUT2D eigenvalue weighted by molar-refractivity contribution is 6.17. The Labute approximate surface area is 260 Å². The SMILES string of the molecule is COC(=O)c1ccc(NC(=O)C2(C(=O)Nc3ccc(Nc4ncc5cc(C(=O)N(C)C)n(C6CCCC6)c5n4)cc3)CC2)cc1. The molecule has 2 aromatic carbocycles. The standard InChI is InChI=1S/C33H35N7O5/c1-39(2)28(41)26-18-21-19-34-32(38-27(21)40(26)25-6-4-5-7-25)37-24-14-12-23(13-15-24)36-31(44)33(16-17-33)30(43)35-22-10-8-20(9-11-22)29(42)45-3/h8-15,18-19,25H,4-7,16-17H2,1-3H3,(H,35,43)(H,36,44)(H,34,37,38). The number of hydrogen-bond donors (Lipinski definition) is 3. The highest BCUT2D eigenvalue weighted by atomic mass is 16.5. The molecule has 12 heteroatoms. The zero-order valence-corrected chi connectivity index (χ0v) is 25.4. The summed E-state index contributed by atoms with van der Waals surface area (Å²) in [5.41, 5.74) is 2.30. The Kier molecular flexibility index (Phi) is 7.96. The van der Waals surface area contributed by atoms with Gasteiger partial charge in [0.15, 0.2) is 0 Å². The number of hydrogen-bond acceptors (Lipinski definition) is 8. The van der Waals surface area contributed by atoms with Crippen molar-refractivity contribution in [3.63, 3.8) is 0 Å². The molecule has 0 aliphatic heterocycles. The Hall–Kier alpha value is -5.26. The highest BCUT2D eigenvalue weighted by Crippen LogP contribution is 2.47. The minimum atomic E-state index is -1.15. The second kappa shape index (κ2) is 12.0. The summed E-state index contributed by atoms with van der Waals surface area (Å²) in [6, 6.07) is 15.5. The van der Waals surface area contributed by atoms with Gasteiger partial charge in [-0.05, 0) is 80.3 Å².